The van der Waals surface area contributed by atoms with Gasteiger partial charge in [-0.25, -0.2) is 0 Å². The molecule has 0 heterocycles. The van der Waals surface area contributed by atoms with Crippen molar-refractivity contribution in [1.82, 2.24) is 5.32 Å². The molecule has 0 spiro atoms. The highest BCUT2D eigenvalue weighted by Gasteiger charge is 2.17. The van der Waals surface area contributed by atoms with Gasteiger partial charge in [-0.15, -0.1) is 0 Å². The van der Waals surface area contributed by atoms with Crippen LogP contribution in [-0.4, -0.2) is 19.6 Å². The molecule has 2 aromatic rings. The highest BCUT2D eigenvalue weighted by molar-refractivity contribution is 5.78. The average Bonchev–Trinajstić information content (AvgIpc) is 2.66. The lowest BCUT2D eigenvalue weighted by molar-refractivity contribution is -0.124. The predicted octanol–water partition coefficient (Wildman–Crippen LogP) is 5.10. The third-order valence-electron chi connectivity index (χ3n) is 4.48. The van der Waals surface area contributed by atoms with Crippen LogP contribution in [0.25, 0.3) is 0 Å². The molecule has 0 bridgehead atoms. The Hall–Kier alpha value is -2.49. The molecule has 2 aromatic carbocycles. The van der Waals surface area contributed by atoms with E-state index in [0.29, 0.717) is 17.6 Å². The first-order valence-corrected chi connectivity index (χ1v) is 9.55. The molecule has 4 nitrogen and oxygen atoms in total. The van der Waals surface area contributed by atoms with Crippen LogP contribution in [0.15, 0.2) is 48.5 Å². The number of hydrogen-bond acceptors (Lipinski definition) is 3. The minimum atomic E-state index is -0.121. The molecule has 0 fully saturated rings. The van der Waals surface area contributed by atoms with Crippen LogP contribution in [0, 0.1) is 5.92 Å². The summed E-state index contributed by atoms with van der Waals surface area (Å²) in [6, 6.07) is 15.7. The lowest BCUT2D eigenvalue weighted by atomic mass is 9.97. The van der Waals surface area contributed by atoms with Crippen LogP contribution < -0.4 is 14.8 Å². The zero-order valence-corrected chi connectivity index (χ0v) is 17.0. The molecule has 0 aromatic heterocycles. The summed E-state index contributed by atoms with van der Waals surface area (Å²) >= 11 is 0. The maximum Gasteiger partial charge on any atom is 0.258 e. The van der Waals surface area contributed by atoms with Crippen LogP contribution >= 0.6 is 0 Å². The summed E-state index contributed by atoms with van der Waals surface area (Å²) in [6.07, 6.45) is 0.862. The molecule has 0 aliphatic rings. The summed E-state index contributed by atoms with van der Waals surface area (Å²) in [5, 5.41) is 3.10. The third kappa shape index (κ3) is 6.63. The topological polar surface area (TPSA) is 47.6 Å². The summed E-state index contributed by atoms with van der Waals surface area (Å²) in [7, 11) is 1.65. The maximum absolute atomic E-state index is 12.4. The van der Waals surface area contributed by atoms with E-state index in [4.69, 9.17) is 9.47 Å². The maximum atomic E-state index is 12.4. The van der Waals surface area contributed by atoms with Crippen LogP contribution in [0.2, 0.25) is 0 Å². The second-order valence-corrected chi connectivity index (χ2v) is 7.54. The van der Waals surface area contributed by atoms with Gasteiger partial charge in [0.15, 0.2) is 6.61 Å². The van der Waals surface area contributed by atoms with Crippen molar-refractivity contribution in [1.29, 1.82) is 0 Å². The number of carbonyl (C=O) groups excluding carboxylic acids is 1. The Morgan fingerprint density at radius 1 is 0.889 bits per heavy atom. The Kier molecular flexibility index (Phi) is 7.71. The Bertz CT molecular complexity index is 705. The van der Waals surface area contributed by atoms with Crippen molar-refractivity contribution in [3.05, 3.63) is 59.7 Å². The van der Waals surface area contributed by atoms with Gasteiger partial charge in [0.05, 0.1) is 13.2 Å². The van der Waals surface area contributed by atoms with Crippen LogP contribution in [0.5, 0.6) is 11.5 Å². The molecule has 0 radical (unpaired) electrons. The largest absolute Gasteiger partial charge is 0.497 e. The van der Waals surface area contributed by atoms with E-state index in [0.717, 1.165) is 17.7 Å². The molecule has 0 aliphatic carbocycles. The second kappa shape index (κ2) is 10.0. The van der Waals surface area contributed by atoms with Gasteiger partial charge in [0.2, 0.25) is 0 Å². The van der Waals surface area contributed by atoms with E-state index in [1.54, 1.807) is 7.11 Å². The molecule has 1 atom stereocenters. The van der Waals surface area contributed by atoms with Crippen molar-refractivity contribution in [3.8, 4) is 11.5 Å². The van der Waals surface area contributed by atoms with E-state index < -0.39 is 0 Å². The minimum Gasteiger partial charge on any atom is -0.497 e. The lowest BCUT2D eigenvalue weighted by Crippen LogP contribution is -2.33. The third-order valence-corrected chi connectivity index (χ3v) is 4.48. The van der Waals surface area contributed by atoms with Crippen molar-refractivity contribution in [2.24, 2.45) is 5.92 Å². The van der Waals surface area contributed by atoms with Crippen molar-refractivity contribution in [3.63, 3.8) is 0 Å². The van der Waals surface area contributed by atoms with E-state index >= 15 is 0 Å². The van der Waals surface area contributed by atoms with Gasteiger partial charge in [0, 0.05) is 0 Å². The Balaban J connectivity index is 1.96. The highest BCUT2D eigenvalue weighted by Crippen LogP contribution is 2.24. The fourth-order valence-corrected chi connectivity index (χ4v) is 2.92. The van der Waals surface area contributed by atoms with Gasteiger partial charge in [0.25, 0.3) is 5.91 Å². The number of benzene rings is 2. The van der Waals surface area contributed by atoms with E-state index in [9.17, 15) is 4.79 Å². The van der Waals surface area contributed by atoms with Gasteiger partial charge < -0.3 is 14.8 Å². The first kappa shape index (κ1) is 20.8. The molecule has 0 saturated carbocycles. The van der Waals surface area contributed by atoms with E-state index in [1.807, 2.05) is 48.5 Å². The summed E-state index contributed by atoms with van der Waals surface area (Å²) in [6.45, 7) is 8.60. The standard InChI is InChI=1S/C23H31NO3/c1-16(2)14-22(19-8-10-20(26-5)11-9-19)24-23(25)15-27-21-12-6-18(7-13-21)17(3)4/h6-13,16-17,22H,14-15H2,1-5H3,(H,24,25). The molecule has 0 saturated heterocycles. The molecule has 1 unspecified atom stereocenters. The fourth-order valence-electron chi connectivity index (χ4n) is 2.92. The molecule has 1 N–H and O–H groups in total. The highest BCUT2D eigenvalue weighted by atomic mass is 16.5. The number of hydrogen-bond donors (Lipinski definition) is 1. The van der Waals surface area contributed by atoms with E-state index in [-0.39, 0.29) is 18.6 Å². The van der Waals surface area contributed by atoms with Crippen molar-refractivity contribution >= 4 is 5.91 Å². The van der Waals surface area contributed by atoms with Gasteiger partial charge in [-0.1, -0.05) is 52.0 Å². The van der Waals surface area contributed by atoms with Gasteiger partial charge in [-0.05, 0) is 53.6 Å². The quantitative estimate of drug-likeness (QED) is 0.669. The van der Waals surface area contributed by atoms with Gasteiger partial charge in [-0.3, -0.25) is 4.79 Å². The second-order valence-electron chi connectivity index (χ2n) is 7.54. The number of carbonyl (C=O) groups is 1. The van der Waals surface area contributed by atoms with Crippen molar-refractivity contribution < 1.29 is 14.3 Å². The zero-order valence-electron chi connectivity index (χ0n) is 17.0. The Morgan fingerprint density at radius 3 is 1.96 bits per heavy atom. The number of nitrogens with one attached hydrogen (secondary N) is 1. The van der Waals surface area contributed by atoms with E-state index in [1.165, 1.54) is 5.56 Å². The Morgan fingerprint density at radius 2 is 1.44 bits per heavy atom. The van der Waals surface area contributed by atoms with Crippen molar-refractivity contribution in [2.75, 3.05) is 13.7 Å². The molecule has 1 amide bonds. The molecule has 27 heavy (non-hydrogen) atoms. The predicted molar refractivity (Wildman–Crippen MR) is 109 cm³/mol. The fraction of sp³-hybridized carbons (Fsp3) is 0.435. The summed E-state index contributed by atoms with van der Waals surface area (Å²) in [5.41, 5.74) is 2.32. The lowest BCUT2D eigenvalue weighted by Gasteiger charge is -2.21. The molecular formula is C23H31NO3. The van der Waals surface area contributed by atoms with Crippen LogP contribution in [0.4, 0.5) is 0 Å². The average molecular weight is 370 g/mol. The van der Waals surface area contributed by atoms with Gasteiger partial charge in [-0.2, -0.15) is 0 Å². The summed E-state index contributed by atoms with van der Waals surface area (Å²) in [5.74, 6) is 2.33. The SMILES string of the molecule is COc1ccc(C(CC(C)C)NC(=O)COc2ccc(C(C)C)cc2)cc1. The van der Waals surface area contributed by atoms with Crippen LogP contribution in [-0.2, 0) is 4.79 Å². The molecule has 0 aliphatic heterocycles. The van der Waals surface area contributed by atoms with E-state index in [2.05, 4.69) is 33.0 Å². The van der Waals surface area contributed by atoms with Crippen molar-refractivity contribution in [2.45, 2.75) is 46.1 Å². The van der Waals surface area contributed by atoms with Crippen LogP contribution in [0.3, 0.4) is 0 Å². The van der Waals surface area contributed by atoms with Gasteiger partial charge in [0.1, 0.15) is 11.5 Å². The molecule has 4 heteroatoms. The zero-order chi connectivity index (χ0) is 19.8. The van der Waals surface area contributed by atoms with Crippen LogP contribution in [0.1, 0.15) is 57.2 Å². The molecule has 2 rings (SSSR count). The summed E-state index contributed by atoms with van der Waals surface area (Å²) in [4.78, 5) is 12.4. The normalized spacial score (nSPS) is 12.1. The number of ether oxygens (including phenoxy) is 2. The molecule has 146 valence electrons. The molecular weight excluding hydrogens is 338 g/mol. The smallest absolute Gasteiger partial charge is 0.258 e. The first-order chi connectivity index (χ1) is 12.9. The number of rotatable bonds is 9. The monoisotopic (exact) mass is 369 g/mol. The number of amides is 1. The number of methoxy groups -OCH3 is 1. The first-order valence-electron chi connectivity index (χ1n) is 9.55. The Labute approximate surface area is 162 Å². The summed E-state index contributed by atoms with van der Waals surface area (Å²) < 4.78 is 10.9. The minimum absolute atomic E-state index is 0.00573. The van der Waals surface area contributed by atoms with Gasteiger partial charge >= 0.3 is 0 Å².